The molecule has 0 aromatic carbocycles. The van der Waals surface area contributed by atoms with Crippen molar-refractivity contribution >= 4 is 0 Å². The summed E-state index contributed by atoms with van der Waals surface area (Å²) < 4.78 is 0. The summed E-state index contributed by atoms with van der Waals surface area (Å²) >= 11 is 0. The fourth-order valence-corrected chi connectivity index (χ4v) is 0.639. The number of hydrogen-bond acceptors (Lipinski definition) is 2. The summed E-state index contributed by atoms with van der Waals surface area (Å²) in [5.41, 5.74) is 0. The molecule has 0 saturated heterocycles. The lowest BCUT2D eigenvalue weighted by Crippen LogP contribution is -2.07. The van der Waals surface area contributed by atoms with Gasteiger partial charge in [-0.3, -0.25) is 0 Å². The van der Waals surface area contributed by atoms with Crippen LogP contribution in [0.5, 0.6) is 0 Å². The van der Waals surface area contributed by atoms with E-state index in [9.17, 15) is 0 Å². The molecule has 0 aliphatic heterocycles. The van der Waals surface area contributed by atoms with E-state index in [1.165, 1.54) is 0 Å². The lowest BCUT2D eigenvalue weighted by Gasteiger charge is -2.08. The number of hydrogen-bond donors (Lipinski definition) is 0. The molecule has 0 aromatic heterocycles. The van der Waals surface area contributed by atoms with Crippen molar-refractivity contribution in [2.24, 2.45) is 0 Å². The van der Waals surface area contributed by atoms with Gasteiger partial charge in [0.15, 0.2) is 0 Å². The zero-order valence-electron chi connectivity index (χ0n) is 6.52. The van der Waals surface area contributed by atoms with E-state index in [-0.39, 0.29) is 6.10 Å². The molecular weight excluding hydrogens is 116 g/mol. The summed E-state index contributed by atoms with van der Waals surface area (Å²) in [6, 6.07) is 0. The monoisotopic (exact) mass is 132 g/mol. The molecule has 2 nitrogen and oxygen atoms in total. The van der Waals surface area contributed by atoms with Gasteiger partial charge in [0.05, 0.1) is 12.7 Å². The molecule has 0 N–H and O–H groups in total. The average molecular weight is 132 g/mol. The first-order valence-electron chi connectivity index (χ1n) is 3.59. The van der Waals surface area contributed by atoms with E-state index < -0.39 is 0 Å². The molecule has 56 valence electrons. The van der Waals surface area contributed by atoms with Crippen molar-refractivity contribution in [2.75, 3.05) is 6.61 Å². The van der Waals surface area contributed by atoms with E-state index in [0.717, 1.165) is 12.8 Å². The Labute approximate surface area is 57.1 Å². The molecule has 0 aliphatic carbocycles. The van der Waals surface area contributed by atoms with Gasteiger partial charge >= 0.3 is 0 Å². The molecule has 1 unspecified atom stereocenters. The predicted octanol–water partition coefficient (Wildman–Crippen LogP) is 2.14. The van der Waals surface area contributed by atoms with Crippen molar-refractivity contribution in [3.8, 4) is 0 Å². The van der Waals surface area contributed by atoms with Crippen LogP contribution < -0.4 is 0 Å². The van der Waals surface area contributed by atoms with Crippen LogP contribution in [-0.4, -0.2) is 12.7 Å². The summed E-state index contributed by atoms with van der Waals surface area (Å²) in [5.74, 6) is 0. The minimum absolute atomic E-state index is 0.245. The minimum Gasteiger partial charge on any atom is -0.237 e. The van der Waals surface area contributed by atoms with Crippen molar-refractivity contribution in [3.63, 3.8) is 0 Å². The second-order valence-electron chi connectivity index (χ2n) is 2.10. The van der Waals surface area contributed by atoms with Gasteiger partial charge in [-0.15, -0.1) is 0 Å². The highest BCUT2D eigenvalue weighted by Gasteiger charge is 1.98. The zero-order valence-corrected chi connectivity index (χ0v) is 6.52. The van der Waals surface area contributed by atoms with Gasteiger partial charge in [-0.05, 0) is 20.3 Å². The van der Waals surface area contributed by atoms with Crippen LogP contribution in [0.3, 0.4) is 0 Å². The molecule has 9 heavy (non-hydrogen) atoms. The Bertz CT molecular complexity index is 54.9. The Morgan fingerprint density at radius 1 is 1.33 bits per heavy atom. The molecule has 0 rings (SSSR count). The van der Waals surface area contributed by atoms with E-state index in [2.05, 4.69) is 6.92 Å². The lowest BCUT2D eigenvalue weighted by molar-refractivity contribution is -0.318. The highest BCUT2D eigenvalue weighted by Crippen LogP contribution is 2.00. The van der Waals surface area contributed by atoms with Gasteiger partial charge in [-0.2, -0.15) is 0 Å². The molecule has 0 fully saturated rings. The molecule has 0 aromatic rings. The standard InChI is InChI=1S/C7H16O2/c1-4-6-7(3)9-8-5-2/h7H,4-6H2,1-3H3. The van der Waals surface area contributed by atoms with E-state index in [4.69, 9.17) is 9.78 Å². The van der Waals surface area contributed by atoms with Gasteiger partial charge in [-0.25, -0.2) is 9.78 Å². The van der Waals surface area contributed by atoms with Crippen molar-refractivity contribution in [1.29, 1.82) is 0 Å². The molecule has 0 amide bonds. The summed E-state index contributed by atoms with van der Waals surface area (Å²) in [6.45, 7) is 6.69. The zero-order chi connectivity index (χ0) is 7.11. The van der Waals surface area contributed by atoms with Crippen LogP contribution in [0.4, 0.5) is 0 Å². The number of rotatable bonds is 5. The van der Waals surface area contributed by atoms with Crippen molar-refractivity contribution < 1.29 is 9.78 Å². The first-order valence-corrected chi connectivity index (χ1v) is 3.59. The largest absolute Gasteiger partial charge is 0.237 e. The molecule has 2 heteroatoms. The van der Waals surface area contributed by atoms with E-state index in [1.54, 1.807) is 0 Å². The van der Waals surface area contributed by atoms with Crippen LogP contribution in [0.15, 0.2) is 0 Å². The minimum atomic E-state index is 0.245. The van der Waals surface area contributed by atoms with E-state index in [1.807, 2.05) is 13.8 Å². The second-order valence-corrected chi connectivity index (χ2v) is 2.10. The van der Waals surface area contributed by atoms with Crippen LogP contribution in [0.2, 0.25) is 0 Å². The molecule has 0 radical (unpaired) electrons. The van der Waals surface area contributed by atoms with Gasteiger partial charge in [0.2, 0.25) is 0 Å². The average Bonchev–Trinajstić information content (AvgIpc) is 1.85. The van der Waals surface area contributed by atoms with Crippen LogP contribution in [0.1, 0.15) is 33.6 Å². The predicted molar refractivity (Wildman–Crippen MR) is 37.1 cm³/mol. The van der Waals surface area contributed by atoms with Gasteiger partial charge in [0.25, 0.3) is 0 Å². The maximum absolute atomic E-state index is 4.93. The first-order chi connectivity index (χ1) is 4.31. The van der Waals surface area contributed by atoms with Crippen LogP contribution in [-0.2, 0) is 9.78 Å². The third-order valence-electron chi connectivity index (χ3n) is 1.05. The summed E-state index contributed by atoms with van der Waals surface area (Å²) in [5, 5.41) is 0. The molecule has 0 heterocycles. The van der Waals surface area contributed by atoms with Crippen LogP contribution >= 0.6 is 0 Å². The summed E-state index contributed by atoms with van der Waals surface area (Å²) in [4.78, 5) is 9.68. The molecular formula is C7H16O2. The Morgan fingerprint density at radius 2 is 2.00 bits per heavy atom. The fourth-order valence-electron chi connectivity index (χ4n) is 0.639. The maximum Gasteiger partial charge on any atom is 0.0901 e. The van der Waals surface area contributed by atoms with Gasteiger partial charge in [-0.1, -0.05) is 13.3 Å². The summed E-state index contributed by atoms with van der Waals surface area (Å²) in [6.07, 6.45) is 2.46. The van der Waals surface area contributed by atoms with Gasteiger partial charge in [0, 0.05) is 0 Å². The fraction of sp³-hybridized carbons (Fsp3) is 1.00. The van der Waals surface area contributed by atoms with Crippen molar-refractivity contribution in [3.05, 3.63) is 0 Å². The molecule has 0 saturated carbocycles. The van der Waals surface area contributed by atoms with Crippen molar-refractivity contribution in [2.45, 2.75) is 39.7 Å². The van der Waals surface area contributed by atoms with Gasteiger partial charge < -0.3 is 0 Å². The normalized spacial score (nSPS) is 13.7. The SMILES string of the molecule is CCCC(C)OOCC. The second kappa shape index (κ2) is 6.05. The topological polar surface area (TPSA) is 18.5 Å². The quantitative estimate of drug-likeness (QED) is 0.421. The van der Waals surface area contributed by atoms with Gasteiger partial charge in [0.1, 0.15) is 0 Å². The third kappa shape index (κ3) is 5.80. The molecule has 0 aliphatic rings. The highest BCUT2D eigenvalue weighted by molar-refractivity contribution is 4.43. The van der Waals surface area contributed by atoms with E-state index >= 15 is 0 Å². The molecule has 1 atom stereocenters. The Morgan fingerprint density at radius 3 is 2.44 bits per heavy atom. The third-order valence-corrected chi connectivity index (χ3v) is 1.05. The van der Waals surface area contributed by atoms with E-state index in [0.29, 0.717) is 6.61 Å². The smallest absolute Gasteiger partial charge is 0.0901 e. The highest BCUT2D eigenvalue weighted by atomic mass is 17.2. The molecule has 0 spiro atoms. The van der Waals surface area contributed by atoms with Crippen molar-refractivity contribution in [1.82, 2.24) is 0 Å². The lowest BCUT2D eigenvalue weighted by atomic mass is 10.2. The Kier molecular flexibility index (Phi) is 5.99. The Hall–Kier alpha value is -0.0800. The first kappa shape index (κ1) is 8.92. The Balaban J connectivity index is 2.95. The van der Waals surface area contributed by atoms with Crippen LogP contribution in [0.25, 0.3) is 0 Å². The maximum atomic E-state index is 4.93. The van der Waals surface area contributed by atoms with Crippen LogP contribution in [0, 0.1) is 0 Å². The summed E-state index contributed by atoms with van der Waals surface area (Å²) in [7, 11) is 0. The molecule has 0 bridgehead atoms.